The molecule has 2 N–H and O–H groups in total. The number of piperidine rings is 1. The molecule has 1 amide bonds. The number of ether oxygens (including phenoxy) is 1. The number of hydrogen-bond acceptors (Lipinski definition) is 3. The lowest BCUT2D eigenvalue weighted by Gasteiger charge is -2.32. The van der Waals surface area contributed by atoms with E-state index < -0.39 is 0 Å². The molecular weight excluding hydrogens is 180 g/mol. The topological polar surface area (TPSA) is 50.4 Å². The van der Waals surface area contributed by atoms with Crippen molar-refractivity contribution in [3.05, 3.63) is 0 Å². The zero-order valence-corrected chi connectivity index (χ0v) is 9.06. The standard InChI is InChI=1S/C10H20N2O2/c1-10(3-5-11-6-4-10)9(13)12-7-8-14-2/h11H,3-8H2,1-2H3,(H,12,13). The maximum atomic E-state index is 11.8. The Bertz CT molecular complexity index is 189. The van der Waals surface area contributed by atoms with Crippen LogP contribution in [0.15, 0.2) is 0 Å². The molecule has 1 saturated heterocycles. The van der Waals surface area contributed by atoms with Gasteiger partial charge in [0.15, 0.2) is 0 Å². The normalized spacial score (nSPS) is 20.4. The van der Waals surface area contributed by atoms with Crippen LogP contribution < -0.4 is 10.6 Å². The van der Waals surface area contributed by atoms with Crippen LogP contribution in [0.1, 0.15) is 19.8 Å². The molecule has 0 aliphatic carbocycles. The van der Waals surface area contributed by atoms with Gasteiger partial charge in [-0.1, -0.05) is 6.92 Å². The Kier molecular flexibility index (Phi) is 4.35. The van der Waals surface area contributed by atoms with Crippen molar-refractivity contribution in [2.24, 2.45) is 5.41 Å². The average Bonchev–Trinajstić information content (AvgIpc) is 2.19. The van der Waals surface area contributed by atoms with Crippen molar-refractivity contribution in [3.63, 3.8) is 0 Å². The van der Waals surface area contributed by atoms with E-state index in [-0.39, 0.29) is 11.3 Å². The van der Waals surface area contributed by atoms with Crippen LogP contribution in [0.4, 0.5) is 0 Å². The summed E-state index contributed by atoms with van der Waals surface area (Å²) < 4.78 is 4.89. The Balaban J connectivity index is 2.33. The van der Waals surface area contributed by atoms with Gasteiger partial charge in [0.2, 0.25) is 5.91 Å². The van der Waals surface area contributed by atoms with E-state index in [0.717, 1.165) is 25.9 Å². The van der Waals surface area contributed by atoms with E-state index in [1.807, 2.05) is 6.92 Å². The molecule has 82 valence electrons. The Hall–Kier alpha value is -0.610. The Morgan fingerprint density at radius 1 is 1.50 bits per heavy atom. The fourth-order valence-corrected chi connectivity index (χ4v) is 1.69. The molecule has 0 saturated carbocycles. The molecular formula is C10H20N2O2. The quantitative estimate of drug-likeness (QED) is 0.635. The summed E-state index contributed by atoms with van der Waals surface area (Å²) in [6.07, 6.45) is 1.84. The second kappa shape index (κ2) is 5.32. The monoisotopic (exact) mass is 200 g/mol. The molecule has 0 atom stereocenters. The summed E-state index contributed by atoms with van der Waals surface area (Å²) in [6.45, 7) is 5.11. The van der Waals surface area contributed by atoms with E-state index >= 15 is 0 Å². The number of carbonyl (C=O) groups is 1. The first-order valence-electron chi connectivity index (χ1n) is 5.17. The van der Waals surface area contributed by atoms with Gasteiger partial charge in [-0.2, -0.15) is 0 Å². The second-order valence-corrected chi connectivity index (χ2v) is 4.06. The van der Waals surface area contributed by atoms with Crippen LogP contribution in [0.2, 0.25) is 0 Å². The largest absolute Gasteiger partial charge is 0.383 e. The van der Waals surface area contributed by atoms with E-state index in [9.17, 15) is 4.79 Å². The van der Waals surface area contributed by atoms with Crippen molar-refractivity contribution >= 4 is 5.91 Å². The van der Waals surface area contributed by atoms with Crippen molar-refractivity contribution in [1.82, 2.24) is 10.6 Å². The van der Waals surface area contributed by atoms with E-state index in [4.69, 9.17) is 4.74 Å². The fraction of sp³-hybridized carbons (Fsp3) is 0.900. The first kappa shape index (κ1) is 11.5. The summed E-state index contributed by atoms with van der Waals surface area (Å²) in [6, 6.07) is 0. The maximum absolute atomic E-state index is 11.8. The van der Waals surface area contributed by atoms with Crippen molar-refractivity contribution < 1.29 is 9.53 Å². The van der Waals surface area contributed by atoms with Gasteiger partial charge in [0, 0.05) is 19.1 Å². The molecule has 1 aliphatic heterocycles. The molecule has 0 bridgehead atoms. The third-order valence-corrected chi connectivity index (χ3v) is 2.85. The number of rotatable bonds is 4. The minimum Gasteiger partial charge on any atom is -0.383 e. The molecule has 0 radical (unpaired) electrons. The first-order valence-corrected chi connectivity index (χ1v) is 5.17. The average molecular weight is 200 g/mol. The van der Waals surface area contributed by atoms with Gasteiger partial charge in [0.05, 0.1) is 6.61 Å². The van der Waals surface area contributed by atoms with Gasteiger partial charge in [-0.3, -0.25) is 4.79 Å². The Morgan fingerprint density at radius 3 is 2.71 bits per heavy atom. The minimum absolute atomic E-state index is 0.163. The lowest BCUT2D eigenvalue weighted by molar-refractivity contribution is -0.131. The molecule has 4 nitrogen and oxygen atoms in total. The highest BCUT2D eigenvalue weighted by Crippen LogP contribution is 2.27. The van der Waals surface area contributed by atoms with Crippen LogP contribution in [0.25, 0.3) is 0 Å². The van der Waals surface area contributed by atoms with Gasteiger partial charge < -0.3 is 15.4 Å². The van der Waals surface area contributed by atoms with Gasteiger partial charge in [-0.05, 0) is 25.9 Å². The van der Waals surface area contributed by atoms with Crippen molar-refractivity contribution in [1.29, 1.82) is 0 Å². The summed E-state index contributed by atoms with van der Waals surface area (Å²) in [5.41, 5.74) is -0.182. The van der Waals surface area contributed by atoms with Gasteiger partial charge >= 0.3 is 0 Å². The number of amides is 1. The van der Waals surface area contributed by atoms with Crippen LogP contribution in [-0.2, 0) is 9.53 Å². The summed E-state index contributed by atoms with van der Waals surface area (Å²) in [7, 11) is 1.64. The zero-order valence-electron chi connectivity index (χ0n) is 9.06. The van der Waals surface area contributed by atoms with Crippen molar-refractivity contribution in [2.75, 3.05) is 33.4 Å². The number of carbonyl (C=O) groups excluding carboxylic acids is 1. The smallest absolute Gasteiger partial charge is 0.226 e. The molecule has 0 aromatic carbocycles. The minimum atomic E-state index is -0.182. The predicted molar refractivity (Wildman–Crippen MR) is 55.1 cm³/mol. The second-order valence-electron chi connectivity index (χ2n) is 4.06. The highest BCUT2D eigenvalue weighted by molar-refractivity contribution is 5.82. The van der Waals surface area contributed by atoms with Gasteiger partial charge in [0.1, 0.15) is 0 Å². The zero-order chi connectivity index (χ0) is 10.4. The molecule has 14 heavy (non-hydrogen) atoms. The van der Waals surface area contributed by atoms with Crippen LogP contribution in [0.3, 0.4) is 0 Å². The summed E-state index contributed by atoms with van der Waals surface area (Å²) in [5.74, 6) is 0.163. The van der Waals surface area contributed by atoms with E-state index in [1.54, 1.807) is 7.11 Å². The van der Waals surface area contributed by atoms with E-state index in [2.05, 4.69) is 10.6 Å². The molecule has 1 heterocycles. The summed E-state index contributed by atoms with van der Waals surface area (Å²) >= 11 is 0. The highest BCUT2D eigenvalue weighted by Gasteiger charge is 2.33. The maximum Gasteiger partial charge on any atom is 0.226 e. The lowest BCUT2D eigenvalue weighted by atomic mass is 9.80. The molecule has 1 rings (SSSR count). The summed E-state index contributed by atoms with van der Waals surface area (Å²) in [4.78, 5) is 11.8. The summed E-state index contributed by atoms with van der Waals surface area (Å²) in [5, 5.41) is 6.16. The van der Waals surface area contributed by atoms with Crippen molar-refractivity contribution in [2.45, 2.75) is 19.8 Å². The fourth-order valence-electron chi connectivity index (χ4n) is 1.69. The third-order valence-electron chi connectivity index (χ3n) is 2.85. The predicted octanol–water partition coefficient (Wildman–Crippen LogP) is 0.139. The van der Waals surface area contributed by atoms with Gasteiger partial charge in [0.25, 0.3) is 0 Å². The molecule has 4 heteroatoms. The molecule has 1 aliphatic rings. The first-order chi connectivity index (χ1) is 6.69. The van der Waals surface area contributed by atoms with Crippen LogP contribution in [-0.4, -0.2) is 39.3 Å². The highest BCUT2D eigenvalue weighted by atomic mass is 16.5. The SMILES string of the molecule is COCCNC(=O)C1(C)CCNCC1. The third kappa shape index (κ3) is 2.96. The van der Waals surface area contributed by atoms with Crippen LogP contribution in [0.5, 0.6) is 0 Å². The molecule has 1 fully saturated rings. The van der Waals surface area contributed by atoms with Crippen molar-refractivity contribution in [3.8, 4) is 0 Å². The molecule has 0 aromatic heterocycles. The van der Waals surface area contributed by atoms with E-state index in [1.165, 1.54) is 0 Å². The van der Waals surface area contributed by atoms with Crippen LogP contribution >= 0.6 is 0 Å². The Labute approximate surface area is 85.4 Å². The van der Waals surface area contributed by atoms with Gasteiger partial charge in [-0.25, -0.2) is 0 Å². The molecule has 0 aromatic rings. The number of methoxy groups -OCH3 is 1. The number of nitrogens with one attached hydrogen (secondary N) is 2. The molecule has 0 spiro atoms. The van der Waals surface area contributed by atoms with E-state index in [0.29, 0.717) is 13.2 Å². The van der Waals surface area contributed by atoms with Gasteiger partial charge in [-0.15, -0.1) is 0 Å². The molecule has 0 unspecified atom stereocenters. The Morgan fingerprint density at radius 2 is 2.14 bits per heavy atom. The van der Waals surface area contributed by atoms with Crippen LogP contribution in [0, 0.1) is 5.41 Å². The lowest BCUT2D eigenvalue weighted by Crippen LogP contribution is -2.46. The number of hydrogen-bond donors (Lipinski definition) is 2.